The van der Waals surface area contributed by atoms with Crippen LogP contribution in [-0.2, 0) is 10.4 Å². The van der Waals surface area contributed by atoms with E-state index in [9.17, 15) is 18.0 Å². The number of nitrogens with zero attached hydrogens (tertiary/aromatic N) is 2. The Morgan fingerprint density at radius 2 is 1.94 bits per heavy atom. The molecule has 0 saturated heterocycles. The van der Waals surface area contributed by atoms with Gasteiger partial charge in [-0.1, -0.05) is 21.4 Å². The lowest BCUT2D eigenvalue weighted by Gasteiger charge is -2.18. The molecule has 1 aromatic carbocycles. The van der Waals surface area contributed by atoms with Gasteiger partial charge in [0.2, 0.25) is 5.90 Å². The number of hydrogen-bond acceptors (Lipinski definition) is 4. The number of halogens is 3. The van der Waals surface area contributed by atoms with Gasteiger partial charge in [0.25, 0.3) is 11.6 Å². The van der Waals surface area contributed by atoms with E-state index in [4.69, 9.17) is 4.74 Å². The summed E-state index contributed by atoms with van der Waals surface area (Å²) in [6.07, 6.45) is 0. The van der Waals surface area contributed by atoms with Crippen LogP contribution >= 0.6 is 9.24 Å². The first-order valence-corrected chi connectivity index (χ1v) is 10.0. The van der Waals surface area contributed by atoms with Crippen LogP contribution in [0.15, 0.2) is 47.0 Å². The molecule has 1 aromatic heterocycles. The number of ether oxygens (including phenoxy) is 1. The number of hydrogen-bond donors (Lipinski definition) is 1. The minimum Gasteiger partial charge on any atom is -0.483 e. The summed E-state index contributed by atoms with van der Waals surface area (Å²) in [6, 6.07) is 7.77. The molecule has 0 aliphatic carbocycles. The maximum absolute atomic E-state index is 13.7. The number of rotatable bonds is 6. The predicted octanol–water partition coefficient (Wildman–Crippen LogP) is 5.07. The highest BCUT2D eigenvalue weighted by Crippen LogP contribution is 2.33. The van der Waals surface area contributed by atoms with Crippen LogP contribution in [0.3, 0.4) is 0 Å². The third-order valence-electron chi connectivity index (χ3n) is 4.39. The molecule has 31 heavy (non-hydrogen) atoms. The molecule has 1 amide bonds. The van der Waals surface area contributed by atoms with Gasteiger partial charge >= 0.3 is 0 Å². The largest absolute Gasteiger partial charge is 0.483 e. The number of alkyl halides is 2. The smallest absolute Gasteiger partial charge is 0.300 e. The average Bonchev–Trinajstić information content (AvgIpc) is 2.67. The van der Waals surface area contributed by atoms with Crippen LogP contribution in [0.5, 0.6) is 0 Å². The van der Waals surface area contributed by atoms with E-state index in [0.717, 1.165) is 11.6 Å². The number of aryl methyl sites for hydroxylation is 1. The van der Waals surface area contributed by atoms with Crippen molar-refractivity contribution >= 4 is 26.7 Å². The molecule has 1 N–H and O–H groups in total. The second-order valence-corrected chi connectivity index (χ2v) is 7.89. The van der Waals surface area contributed by atoms with E-state index in [2.05, 4.69) is 15.3 Å². The normalized spacial score (nSPS) is 12.9. The van der Waals surface area contributed by atoms with E-state index in [1.165, 1.54) is 41.5 Å². The third-order valence-corrected chi connectivity index (χ3v) is 4.69. The van der Waals surface area contributed by atoms with Gasteiger partial charge in [-0.15, -0.1) is 0 Å². The summed E-state index contributed by atoms with van der Waals surface area (Å²) in [4.78, 5) is 21.0. The highest BCUT2D eigenvalue weighted by atomic mass is 31.0. The van der Waals surface area contributed by atoms with Crippen molar-refractivity contribution in [2.75, 3.05) is 7.11 Å². The lowest BCUT2D eigenvalue weighted by Crippen LogP contribution is -2.39. The van der Waals surface area contributed by atoms with Crippen LogP contribution in [0.2, 0.25) is 0 Å². The molecule has 9 heteroatoms. The monoisotopic (exact) mass is 451 g/mol. The first-order valence-electron chi connectivity index (χ1n) is 9.45. The average molecular weight is 451 g/mol. The lowest BCUT2D eigenvalue weighted by molar-refractivity contribution is 0.0933. The van der Waals surface area contributed by atoms with Crippen molar-refractivity contribution in [1.82, 2.24) is 10.3 Å². The van der Waals surface area contributed by atoms with Gasteiger partial charge < -0.3 is 10.1 Å². The number of pyridine rings is 1. The van der Waals surface area contributed by atoms with E-state index in [1.54, 1.807) is 19.1 Å². The Bertz CT molecular complexity index is 1030. The number of amides is 1. The van der Waals surface area contributed by atoms with E-state index in [0.29, 0.717) is 11.3 Å². The minimum atomic E-state index is -3.18. The fraction of sp³-hybridized carbons (Fsp3) is 0.318. The number of carbonyl (C=O) groups excluding carboxylic acids is 1. The van der Waals surface area contributed by atoms with Crippen molar-refractivity contribution in [2.24, 2.45) is 4.99 Å². The molecule has 0 saturated carbocycles. The second kappa shape index (κ2) is 10.1. The van der Waals surface area contributed by atoms with Crippen molar-refractivity contribution in [1.29, 1.82) is 0 Å². The molecule has 0 aliphatic heterocycles. The van der Waals surface area contributed by atoms with Gasteiger partial charge in [0.05, 0.1) is 24.1 Å². The first kappa shape index (κ1) is 24.5. The Hall–Kier alpha value is -2.73. The molecule has 0 aliphatic rings. The fourth-order valence-corrected chi connectivity index (χ4v) is 3.01. The Labute approximate surface area is 182 Å². The molecule has 0 fully saturated rings. The number of aromatic nitrogens is 1. The molecular formula is C22H25F3N3O2P. The molecule has 2 unspecified atom stereocenters. The Morgan fingerprint density at radius 1 is 1.26 bits per heavy atom. The highest BCUT2D eigenvalue weighted by molar-refractivity contribution is 7.17. The zero-order valence-electron chi connectivity index (χ0n) is 18.0. The summed E-state index contributed by atoms with van der Waals surface area (Å²) < 4.78 is 45.9. The van der Waals surface area contributed by atoms with Crippen molar-refractivity contribution in [2.45, 2.75) is 39.4 Å². The van der Waals surface area contributed by atoms with Crippen molar-refractivity contribution in [3.63, 3.8) is 0 Å². The van der Waals surface area contributed by atoms with Gasteiger partial charge in [-0.25, -0.2) is 9.38 Å². The number of allylic oxidation sites excluding steroid dienone is 1. The Kier molecular flexibility index (Phi) is 7.96. The van der Waals surface area contributed by atoms with E-state index in [1.807, 2.05) is 13.8 Å². The van der Waals surface area contributed by atoms with E-state index >= 15 is 0 Å². The SMILES string of the molecule is COC(=NC(=C(C)C)c1cccc(F)c1)C(C)NC(=O)c1ccc(C(F)(F)P)nc1C. The quantitative estimate of drug-likeness (QED) is 0.379. The standard InChI is InChI=1S/C22H25F3N3O2P/c1-12(2)19(15-7-6-8-16(23)11-15)28-21(30-5)14(4)27-20(29)17-9-10-18(22(24,25)31)26-13(17)3/h6-11,14H,31H2,1-5H3,(H,27,29). The maximum Gasteiger partial charge on any atom is 0.300 e. The molecule has 2 rings (SSSR count). The Morgan fingerprint density at radius 3 is 2.45 bits per heavy atom. The van der Waals surface area contributed by atoms with Gasteiger partial charge in [-0.3, -0.25) is 9.78 Å². The topological polar surface area (TPSA) is 63.6 Å². The van der Waals surface area contributed by atoms with E-state index < -0.39 is 29.1 Å². The molecule has 0 spiro atoms. The summed E-state index contributed by atoms with van der Waals surface area (Å²) in [6.45, 7) is 6.82. The van der Waals surface area contributed by atoms with Crippen LogP contribution < -0.4 is 5.32 Å². The fourth-order valence-electron chi connectivity index (χ4n) is 2.85. The summed E-state index contributed by atoms with van der Waals surface area (Å²) >= 11 is 0. The van der Waals surface area contributed by atoms with Gasteiger partial charge in [0.1, 0.15) is 17.6 Å². The van der Waals surface area contributed by atoms with Crippen LogP contribution in [0.1, 0.15) is 48.1 Å². The molecule has 0 bridgehead atoms. The molecule has 0 radical (unpaired) electrons. The molecule has 2 atom stereocenters. The predicted molar refractivity (Wildman–Crippen MR) is 119 cm³/mol. The number of benzene rings is 1. The molecule has 166 valence electrons. The van der Waals surface area contributed by atoms with E-state index in [-0.39, 0.29) is 17.2 Å². The van der Waals surface area contributed by atoms with Crippen molar-refractivity contribution in [3.05, 3.63) is 70.3 Å². The number of nitrogens with one attached hydrogen (secondary N) is 1. The van der Waals surface area contributed by atoms with Crippen LogP contribution in [-0.4, -0.2) is 29.9 Å². The zero-order valence-corrected chi connectivity index (χ0v) is 19.1. The molecular weight excluding hydrogens is 426 g/mol. The molecule has 1 heterocycles. The number of carbonyl (C=O) groups is 1. The minimum absolute atomic E-state index is 0.160. The third kappa shape index (κ3) is 6.37. The van der Waals surface area contributed by atoms with Crippen LogP contribution in [0, 0.1) is 12.7 Å². The summed E-state index contributed by atoms with van der Waals surface area (Å²) in [5, 5.41) is 2.73. The van der Waals surface area contributed by atoms with Crippen molar-refractivity contribution < 1.29 is 22.7 Å². The van der Waals surface area contributed by atoms with Gasteiger partial charge in [0, 0.05) is 5.56 Å². The summed E-state index contributed by atoms with van der Waals surface area (Å²) in [7, 11) is 2.83. The highest BCUT2D eigenvalue weighted by Gasteiger charge is 2.27. The van der Waals surface area contributed by atoms with Crippen LogP contribution in [0.4, 0.5) is 13.2 Å². The molecule has 5 nitrogen and oxygen atoms in total. The van der Waals surface area contributed by atoms with Gasteiger partial charge in [-0.2, -0.15) is 8.78 Å². The summed E-state index contributed by atoms with van der Waals surface area (Å²) in [5.74, 6) is -0.702. The first-order chi connectivity index (χ1) is 14.4. The lowest BCUT2D eigenvalue weighted by atomic mass is 10.1. The maximum atomic E-state index is 13.7. The van der Waals surface area contributed by atoms with Gasteiger partial charge in [-0.05, 0) is 57.5 Å². The zero-order chi connectivity index (χ0) is 23.3. The molecule has 2 aromatic rings. The summed E-state index contributed by atoms with van der Waals surface area (Å²) in [5.41, 5.74) is -1.38. The Balaban J connectivity index is 2.29. The van der Waals surface area contributed by atoms with Gasteiger partial charge in [0.15, 0.2) is 0 Å². The second-order valence-electron chi connectivity index (χ2n) is 7.16. The van der Waals surface area contributed by atoms with Crippen LogP contribution in [0.25, 0.3) is 5.70 Å². The number of aliphatic imine (C=N–C) groups is 1. The number of methoxy groups -OCH3 is 1. The van der Waals surface area contributed by atoms with Crippen molar-refractivity contribution in [3.8, 4) is 0 Å².